The van der Waals surface area contributed by atoms with Crippen molar-refractivity contribution in [1.29, 1.82) is 0 Å². The van der Waals surface area contributed by atoms with E-state index in [4.69, 9.17) is 0 Å². The summed E-state index contributed by atoms with van der Waals surface area (Å²) in [6.45, 7) is 1.98. The van der Waals surface area contributed by atoms with Crippen molar-refractivity contribution in [2.45, 2.75) is 25.3 Å². The zero-order valence-corrected chi connectivity index (χ0v) is 9.47. The summed E-state index contributed by atoms with van der Waals surface area (Å²) in [5.74, 6) is 0. The van der Waals surface area contributed by atoms with Gasteiger partial charge in [-0.05, 0) is 43.0 Å². The van der Waals surface area contributed by atoms with Crippen LogP contribution >= 0.6 is 15.9 Å². The van der Waals surface area contributed by atoms with Gasteiger partial charge < -0.3 is 0 Å². The van der Waals surface area contributed by atoms with Gasteiger partial charge in [0.05, 0.1) is 5.54 Å². The van der Waals surface area contributed by atoms with Crippen LogP contribution in [0, 0.1) is 0 Å². The summed E-state index contributed by atoms with van der Waals surface area (Å²) >= 11 is 3.43. The van der Waals surface area contributed by atoms with Crippen molar-refractivity contribution in [2.24, 2.45) is 4.99 Å². The summed E-state index contributed by atoms with van der Waals surface area (Å²) in [5.41, 5.74) is 2.09. The maximum Gasteiger partial charge on any atom is 0.235 e. The third-order valence-corrected chi connectivity index (χ3v) is 3.31. The molecule has 0 aromatic heterocycles. The lowest BCUT2D eigenvalue weighted by Crippen LogP contribution is -2.14. The molecule has 1 aromatic carbocycles. The Hall–Kier alpha value is -0.920. The Labute approximate surface area is 91.2 Å². The first-order valence-electron chi connectivity index (χ1n) is 4.54. The predicted octanol–water partition coefficient (Wildman–Crippen LogP) is 2.95. The molecule has 1 aliphatic rings. The Kier molecular flexibility index (Phi) is 2.30. The van der Waals surface area contributed by atoms with Crippen LogP contribution in [0.3, 0.4) is 0 Å². The van der Waals surface area contributed by atoms with Gasteiger partial charge in [0, 0.05) is 4.47 Å². The smallest absolute Gasteiger partial charge is 0.211 e. The van der Waals surface area contributed by atoms with E-state index < -0.39 is 0 Å². The fourth-order valence-corrected chi connectivity index (χ4v) is 2.43. The first-order chi connectivity index (χ1) is 6.65. The molecule has 0 saturated carbocycles. The molecule has 1 unspecified atom stereocenters. The van der Waals surface area contributed by atoms with E-state index in [9.17, 15) is 4.79 Å². The van der Waals surface area contributed by atoms with E-state index in [0.29, 0.717) is 0 Å². The van der Waals surface area contributed by atoms with Crippen molar-refractivity contribution in [3.8, 4) is 0 Å². The van der Waals surface area contributed by atoms with Crippen LogP contribution < -0.4 is 0 Å². The second-order valence-electron chi connectivity index (χ2n) is 3.78. The number of hydrogen-bond acceptors (Lipinski definition) is 2. The molecule has 1 atom stereocenters. The monoisotopic (exact) mass is 251 g/mol. The Balaban J connectivity index is 2.54. The van der Waals surface area contributed by atoms with Gasteiger partial charge in [-0.15, -0.1) is 0 Å². The highest BCUT2D eigenvalue weighted by atomic mass is 79.9. The van der Waals surface area contributed by atoms with E-state index >= 15 is 0 Å². The van der Waals surface area contributed by atoms with Crippen LogP contribution in [-0.2, 0) is 16.8 Å². The van der Waals surface area contributed by atoms with E-state index in [0.717, 1.165) is 22.9 Å². The third kappa shape index (κ3) is 1.43. The van der Waals surface area contributed by atoms with Crippen molar-refractivity contribution in [1.82, 2.24) is 0 Å². The molecule has 0 bridgehead atoms. The molecule has 2 rings (SSSR count). The second kappa shape index (κ2) is 3.34. The summed E-state index contributed by atoms with van der Waals surface area (Å²) in [6.07, 6.45) is 3.55. The minimum Gasteiger partial charge on any atom is -0.211 e. The summed E-state index contributed by atoms with van der Waals surface area (Å²) in [7, 11) is 0. The van der Waals surface area contributed by atoms with Crippen molar-refractivity contribution < 1.29 is 4.79 Å². The normalized spacial score (nSPS) is 24.1. The second-order valence-corrected chi connectivity index (χ2v) is 4.69. The zero-order valence-electron chi connectivity index (χ0n) is 7.88. The van der Waals surface area contributed by atoms with Gasteiger partial charge >= 0.3 is 0 Å². The molecule has 0 radical (unpaired) electrons. The summed E-state index contributed by atoms with van der Waals surface area (Å²) < 4.78 is 1.08. The van der Waals surface area contributed by atoms with Gasteiger partial charge in [0.2, 0.25) is 6.08 Å². The lowest BCUT2D eigenvalue weighted by molar-refractivity contribution is 0.482. The first kappa shape index (κ1) is 9.63. The van der Waals surface area contributed by atoms with Crippen LogP contribution in [-0.4, -0.2) is 6.08 Å². The molecule has 0 heterocycles. The molecule has 0 aliphatic heterocycles. The van der Waals surface area contributed by atoms with Gasteiger partial charge in [-0.25, -0.2) is 4.79 Å². The third-order valence-electron chi connectivity index (χ3n) is 2.82. The van der Waals surface area contributed by atoms with Crippen molar-refractivity contribution in [3.05, 3.63) is 33.8 Å². The maximum absolute atomic E-state index is 10.3. The molecular formula is C11H10BrNO. The van der Waals surface area contributed by atoms with Crippen LogP contribution in [0.1, 0.15) is 24.5 Å². The average Bonchev–Trinajstić information content (AvgIpc) is 2.44. The van der Waals surface area contributed by atoms with Crippen molar-refractivity contribution in [3.63, 3.8) is 0 Å². The highest BCUT2D eigenvalue weighted by Gasteiger charge is 2.33. The van der Waals surface area contributed by atoms with Crippen molar-refractivity contribution >= 4 is 22.0 Å². The van der Waals surface area contributed by atoms with Gasteiger partial charge in [0.1, 0.15) is 0 Å². The number of nitrogens with zero attached hydrogens (tertiary/aromatic N) is 1. The molecule has 0 N–H and O–H groups in total. The number of rotatable bonds is 1. The minimum absolute atomic E-state index is 0.349. The van der Waals surface area contributed by atoms with Crippen molar-refractivity contribution in [2.75, 3.05) is 0 Å². The summed E-state index contributed by atoms with van der Waals surface area (Å²) in [5, 5.41) is 0. The molecule has 14 heavy (non-hydrogen) atoms. The molecule has 1 aromatic rings. The molecule has 3 heteroatoms. The Bertz CT molecular complexity index is 423. The Morgan fingerprint density at radius 1 is 1.57 bits per heavy atom. The van der Waals surface area contributed by atoms with E-state index in [1.807, 2.05) is 19.1 Å². The van der Waals surface area contributed by atoms with Gasteiger partial charge in [0.25, 0.3) is 0 Å². The molecule has 0 amide bonds. The van der Waals surface area contributed by atoms with Gasteiger partial charge in [-0.2, -0.15) is 4.99 Å². The minimum atomic E-state index is -0.349. The lowest BCUT2D eigenvalue weighted by atomic mass is 9.95. The van der Waals surface area contributed by atoms with Crippen LogP contribution in [0.4, 0.5) is 0 Å². The number of hydrogen-bond donors (Lipinski definition) is 0. The molecule has 72 valence electrons. The highest BCUT2D eigenvalue weighted by molar-refractivity contribution is 9.10. The number of fused-ring (bicyclic) bond motifs is 1. The number of isocyanates is 1. The molecule has 1 aliphatic carbocycles. The first-order valence-corrected chi connectivity index (χ1v) is 5.33. The van der Waals surface area contributed by atoms with E-state index in [-0.39, 0.29) is 5.54 Å². The average molecular weight is 252 g/mol. The predicted molar refractivity (Wildman–Crippen MR) is 57.9 cm³/mol. The van der Waals surface area contributed by atoms with Gasteiger partial charge in [-0.1, -0.05) is 22.0 Å². The molecule has 0 fully saturated rings. The Morgan fingerprint density at radius 2 is 2.36 bits per heavy atom. The fourth-order valence-electron chi connectivity index (χ4n) is 2.02. The van der Waals surface area contributed by atoms with E-state index in [2.05, 4.69) is 27.0 Å². The number of aryl methyl sites for hydroxylation is 1. The number of halogens is 1. The number of aliphatic imine (C=N–C) groups is 1. The lowest BCUT2D eigenvalue weighted by Gasteiger charge is -2.17. The standard InChI is InChI=1S/C11H10BrNO/c1-11(13-7-14)5-4-8-6-9(12)2-3-10(8)11/h2-3,6H,4-5H2,1H3. The van der Waals surface area contributed by atoms with E-state index in [1.165, 1.54) is 5.56 Å². The van der Waals surface area contributed by atoms with Gasteiger partial charge in [-0.3, -0.25) is 0 Å². The molecule has 0 saturated heterocycles. The quantitative estimate of drug-likeness (QED) is 0.558. The van der Waals surface area contributed by atoms with Crippen LogP contribution in [0.2, 0.25) is 0 Å². The van der Waals surface area contributed by atoms with E-state index in [1.54, 1.807) is 6.08 Å². The summed E-state index contributed by atoms with van der Waals surface area (Å²) in [4.78, 5) is 14.2. The Morgan fingerprint density at radius 3 is 3.07 bits per heavy atom. The van der Waals surface area contributed by atoms with Crippen LogP contribution in [0.5, 0.6) is 0 Å². The SMILES string of the molecule is CC1(N=C=O)CCc2cc(Br)ccc21. The number of benzene rings is 1. The molecular weight excluding hydrogens is 242 g/mol. The molecule has 2 nitrogen and oxygen atoms in total. The van der Waals surface area contributed by atoms with Crippen LogP contribution in [0.25, 0.3) is 0 Å². The number of carbonyl (C=O) groups excluding carboxylic acids is 1. The topological polar surface area (TPSA) is 29.4 Å². The fraction of sp³-hybridized carbons (Fsp3) is 0.364. The largest absolute Gasteiger partial charge is 0.235 e. The van der Waals surface area contributed by atoms with Gasteiger partial charge in [0.15, 0.2) is 0 Å². The van der Waals surface area contributed by atoms with Crippen LogP contribution in [0.15, 0.2) is 27.7 Å². The zero-order chi connectivity index (χ0) is 10.2. The highest BCUT2D eigenvalue weighted by Crippen LogP contribution is 2.40. The maximum atomic E-state index is 10.3. The summed E-state index contributed by atoms with van der Waals surface area (Å²) in [6, 6.07) is 6.12. The molecule has 0 spiro atoms.